The molecule has 0 aromatic carbocycles. The van der Waals surface area contributed by atoms with E-state index in [1.165, 1.54) is 0 Å². The van der Waals surface area contributed by atoms with Gasteiger partial charge in [0.1, 0.15) is 0 Å². The minimum absolute atomic E-state index is 0.317. The predicted molar refractivity (Wildman–Crippen MR) is 144 cm³/mol. The summed E-state index contributed by atoms with van der Waals surface area (Å²) in [4.78, 5) is 0. The molecular formula is C30H60O. The summed E-state index contributed by atoms with van der Waals surface area (Å²) in [6, 6.07) is 0. The Bertz CT molecular complexity index is 464. The zero-order valence-electron chi connectivity index (χ0n) is 24.9. The van der Waals surface area contributed by atoms with Gasteiger partial charge in [-0.15, -0.1) is 0 Å². The fraction of sp³-hybridized carbons (Fsp3) is 0.867. The molecule has 0 aliphatic carbocycles. The van der Waals surface area contributed by atoms with Crippen LogP contribution in [-0.4, -0.2) is 12.2 Å². The maximum Gasteiger partial charge on any atom is 0.0895 e. The van der Waals surface area contributed by atoms with Crippen molar-refractivity contribution in [3.63, 3.8) is 0 Å². The van der Waals surface area contributed by atoms with Crippen molar-refractivity contribution in [1.29, 1.82) is 0 Å². The van der Waals surface area contributed by atoms with Crippen molar-refractivity contribution < 1.29 is 4.74 Å². The lowest BCUT2D eigenvalue weighted by molar-refractivity contribution is 0.236. The molecule has 0 N–H and O–H groups in total. The first-order chi connectivity index (χ1) is 13.1. The molecule has 1 heterocycles. The summed E-state index contributed by atoms with van der Waals surface area (Å²) in [6.07, 6.45) is 10.0. The van der Waals surface area contributed by atoms with Gasteiger partial charge in [-0.3, -0.25) is 0 Å². The highest BCUT2D eigenvalue weighted by Gasteiger charge is 2.52. The fourth-order valence-electron chi connectivity index (χ4n) is 2.43. The van der Waals surface area contributed by atoms with Crippen LogP contribution >= 0.6 is 0 Å². The molecular weight excluding hydrogens is 376 g/mol. The number of ether oxygens (including phenoxy) is 1. The van der Waals surface area contributed by atoms with E-state index in [1.807, 2.05) is 0 Å². The van der Waals surface area contributed by atoms with Gasteiger partial charge in [0.2, 0.25) is 0 Å². The largest absolute Gasteiger partial charge is 0.368 e. The van der Waals surface area contributed by atoms with Crippen LogP contribution in [0.4, 0.5) is 0 Å². The van der Waals surface area contributed by atoms with Crippen LogP contribution in [0.25, 0.3) is 0 Å². The van der Waals surface area contributed by atoms with Gasteiger partial charge in [0, 0.05) is 0 Å². The summed E-state index contributed by atoms with van der Waals surface area (Å²) in [7, 11) is 0. The molecule has 2 atom stereocenters. The maximum atomic E-state index is 5.65. The van der Waals surface area contributed by atoms with Gasteiger partial charge in [-0.1, -0.05) is 149 Å². The Balaban J connectivity index is 0. The van der Waals surface area contributed by atoms with Crippen LogP contribution in [-0.2, 0) is 4.74 Å². The minimum atomic E-state index is 0.317. The van der Waals surface area contributed by atoms with Crippen LogP contribution in [0.1, 0.15) is 125 Å². The molecule has 1 aliphatic heterocycles. The smallest absolute Gasteiger partial charge is 0.0895 e. The van der Waals surface area contributed by atoms with Crippen LogP contribution in [0.2, 0.25) is 0 Å². The van der Waals surface area contributed by atoms with E-state index in [0.717, 1.165) is 0 Å². The van der Waals surface area contributed by atoms with Crippen molar-refractivity contribution in [3.8, 4) is 0 Å². The average molecular weight is 437 g/mol. The average Bonchev–Trinajstić information content (AvgIpc) is 3.22. The molecule has 0 saturated carbocycles. The van der Waals surface area contributed by atoms with Crippen molar-refractivity contribution in [2.24, 2.45) is 32.5 Å². The summed E-state index contributed by atoms with van der Waals surface area (Å²) in [5, 5.41) is 0. The Labute approximate surface area is 198 Å². The van der Waals surface area contributed by atoms with Gasteiger partial charge in [-0.05, 0) is 32.5 Å². The molecule has 186 valence electrons. The Kier molecular flexibility index (Phi) is 11.6. The van der Waals surface area contributed by atoms with Gasteiger partial charge < -0.3 is 4.74 Å². The molecule has 1 aliphatic rings. The van der Waals surface area contributed by atoms with Gasteiger partial charge in [0.05, 0.1) is 12.2 Å². The Hall–Kier alpha value is -0.560. The second kappa shape index (κ2) is 11.0. The highest BCUT2D eigenvalue weighted by Crippen LogP contribution is 2.46. The van der Waals surface area contributed by atoms with Crippen molar-refractivity contribution in [2.75, 3.05) is 0 Å². The molecule has 1 saturated heterocycles. The van der Waals surface area contributed by atoms with Crippen molar-refractivity contribution in [1.82, 2.24) is 0 Å². The first kappa shape index (κ1) is 32.6. The number of epoxide rings is 1. The first-order valence-electron chi connectivity index (χ1n) is 12.2. The molecule has 0 aromatic rings. The quantitative estimate of drug-likeness (QED) is 0.272. The van der Waals surface area contributed by atoms with Crippen LogP contribution in [0.15, 0.2) is 24.3 Å². The third-order valence-electron chi connectivity index (χ3n) is 4.37. The second-order valence-electron chi connectivity index (χ2n) is 15.8. The van der Waals surface area contributed by atoms with Crippen molar-refractivity contribution in [2.45, 2.75) is 137 Å². The van der Waals surface area contributed by atoms with Gasteiger partial charge in [-0.25, -0.2) is 0 Å². The topological polar surface area (TPSA) is 12.5 Å². The minimum Gasteiger partial charge on any atom is -0.368 e. The molecule has 1 rings (SSSR count). The summed E-state index contributed by atoms with van der Waals surface area (Å²) in [6.45, 7) is 40.0. The first-order valence-corrected chi connectivity index (χ1v) is 12.2. The van der Waals surface area contributed by atoms with Gasteiger partial charge in [0.25, 0.3) is 0 Å². The zero-order chi connectivity index (χ0) is 25.7. The van der Waals surface area contributed by atoms with Crippen LogP contribution in [0.3, 0.4) is 0 Å². The monoisotopic (exact) mass is 436 g/mol. The molecule has 0 spiro atoms. The highest BCUT2D eigenvalue weighted by atomic mass is 16.6. The molecule has 0 aromatic heterocycles. The summed E-state index contributed by atoms with van der Waals surface area (Å²) in [5.74, 6) is 0. The number of allylic oxidation sites excluding steroid dienone is 4. The normalized spacial score (nSPS) is 20.8. The second-order valence-corrected chi connectivity index (χ2v) is 15.8. The molecule has 0 amide bonds. The van der Waals surface area contributed by atoms with E-state index in [0.29, 0.717) is 44.7 Å². The van der Waals surface area contributed by atoms with Crippen LogP contribution < -0.4 is 0 Å². The maximum absolute atomic E-state index is 5.65. The Morgan fingerprint density at radius 3 is 0.581 bits per heavy atom. The fourth-order valence-corrected chi connectivity index (χ4v) is 2.43. The summed E-state index contributed by atoms with van der Waals surface area (Å²) < 4.78 is 5.65. The van der Waals surface area contributed by atoms with E-state index < -0.39 is 0 Å². The van der Waals surface area contributed by atoms with E-state index in [4.69, 9.17) is 4.74 Å². The Morgan fingerprint density at radius 2 is 0.516 bits per heavy atom. The van der Waals surface area contributed by atoms with E-state index in [1.54, 1.807) is 0 Å². The number of hydrogen-bond donors (Lipinski definition) is 0. The van der Waals surface area contributed by atoms with E-state index in [-0.39, 0.29) is 0 Å². The van der Waals surface area contributed by atoms with Crippen LogP contribution in [0.5, 0.6) is 0 Å². The molecule has 1 fully saturated rings. The third kappa shape index (κ3) is 22.4. The molecule has 31 heavy (non-hydrogen) atoms. The van der Waals surface area contributed by atoms with E-state index in [2.05, 4.69) is 149 Å². The third-order valence-corrected chi connectivity index (χ3v) is 4.37. The molecule has 0 radical (unpaired) electrons. The highest BCUT2D eigenvalue weighted by molar-refractivity contribution is 5.00. The SMILES string of the molecule is CC(C)(C)/C=C\C(C)(C)C.CC(C)(C)/C=C\C(C)(C)C.CC(C)(C)C1OC1C(C)(C)C. The van der Waals surface area contributed by atoms with Gasteiger partial charge >= 0.3 is 0 Å². The standard InChI is InChI=1S/C10H20O.2C10H20/c1-9(2,3)7-8(11-7)10(4,5)6;2*1-9(2,3)7-8-10(4,5)6/h7-8H,1-6H3;2*7-8H,1-6H3/b;2*8-7-. The van der Waals surface area contributed by atoms with Crippen molar-refractivity contribution >= 4 is 0 Å². The zero-order valence-corrected chi connectivity index (χ0v) is 24.9. The molecule has 2 unspecified atom stereocenters. The molecule has 1 heteroatoms. The summed E-state index contributed by atoms with van der Waals surface area (Å²) in [5.41, 5.74) is 1.94. The lowest BCUT2D eigenvalue weighted by atomic mass is 9.81. The predicted octanol–water partition coefficient (Wildman–Crippen LogP) is 10.1. The molecule has 1 nitrogen and oxygen atoms in total. The lowest BCUT2D eigenvalue weighted by Crippen LogP contribution is -2.23. The number of hydrogen-bond acceptors (Lipinski definition) is 1. The van der Waals surface area contributed by atoms with Crippen LogP contribution in [0, 0.1) is 32.5 Å². The van der Waals surface area contributed by atoms with Crippen molar-refractivity contribution in [3.05, 3.63) is 24.3 Å². The van der Waals surface area contributed by atoms with E-state index in [9.17, 15) is 0 Å². The summed E-state index contributed by atoms with van der Waals surface area (Å²) >= 11 is 0. The van der Waals surface area contributed by atoms with Gasteiger partial charge in [-0.2, -0.15) is 0 Å². The molecule has 0 bridgehead atoms. The number of rotatable bonds is 0. The van der Waals surface area contributed by atoms with E-state index >= 15 is 0 Å². The lowest BCUT2D eigenvalue weighted by Gasteiger charge is -2.19. The van der Waals surface area contributed by atoms with Gasteiger partial charge in [0.15, 0.2) is 0 Å². The Morgan fingerprint density at radius 1 is 0.355 bits per heavy atom.